The van der Waals surface area contributed by atoms with Gasteiger partial charge in [0.2, 0.25) is 0 Å². The molecule has 0 atom stereocenters. The van der Waals surface area contributed by atoms with Crippen LogP contribution in [0.1, 0.15) is 27.3 Å². The van der Waals surface area contributed by atoms with Gasteiger partial charge < -0.3 is 14.8 Å². The number of ether oxygens (including phenoxy) is 1. The van der Waals surface area contributed by atoms with E-state index < -0.39 is 5.97 Å². The van der Waals surface area contributed by atoms with Crippen molar-refractivity contribution in [2.45, 2.75) is 6.42 Å². The minimum atomic E-state index is -1.08. The predicted molar refractivity (Wildman–Crippen MR) is 64.7 cm³/mol. The fourth-order valence-corrected chi connectivity index (χ4v) is 2.39. The molecule has 0 bridgehead atoms. The number of rotatable bonds is 1. The maximum atomic E-state index is 11.9. The van der Waals surface area contributed by atoms with Crippen molar-refractivity contribution in [1.29, 1.82) is 0 Å². The average molecular weight is 266 g/mol. The molecule has 0 fully saturated rings. The van der Waals surface area contributed by atoms with Crippen molar-refractivity contribution in [3.63, 3.8) is 0 Å². The molecule has 3 rings (SSSR count). The number of benzene rings is 1. The molecule has 0 radical (unpaired) electrons. The van der Waals surface area contributed by atoms with Gasteiger partial charge in [0.1, 0.15) is 5.69 Å². The summed E-state index contributed by atoms with van der Waals surface area (Å²) in [7, 11) is 0. The number of carbonyl (C=O) groups is 2. The maximum absolute atomic E-state index is 11.9. The summed E-state index contributed by atoms with van der Waals surface area (Å²) < 4.78 is 5.38. The van der Waals surface area contributed by atoms with Crippen LogP contribution >= 0.6 is 11.6 Å². The smallest absolute Gasteiger partial charge is 0.352 e. The number of carboxylic acid groups (broad SMARTS) is 1. The van der Waals surface area contributed by atoms with E-state index in [0.717, 1.165) is 0 Å². The molecule has 2 aromatic rings. The second-order valence-corrected chi connectivity index (χ2v) is 4.44. The lowest BCUT2D eigenvalue weighted by Gasteiger charge is -2.18. The van der Waals surface area contributed by atoms with Gasteiger partial charge in [0, 0.05) is 11.8 Å². The highest BCUT2D eigenvalue weighted by atomic mass is 35.5. The van der Waals surface area contributed by atoms with Crippen LogP contribution in [-0.4, -0.2) is 28.4 Å². The Hall–Kier alpha value is -2.01. The van der Waals surface area contributed by atoms with Gasteiger partial charge >= 0.3 is 5.97 Å². The number of H-pyrrole nitrogens is 1. The van der Waals surface area contributed by atoms with Gasteiger partial charge in [-0.3, -0.25) is 4.79 Å². The minimum Gasteiger partial charge on any atom is -0.491 e. The third-order valence-corrected chi connectivity index (χ3v) is 3.19. The molecule has 1 aromatic carbocycles. The Labute approximate surface area is 106 Å². The summed E-state index contributed by atoms with van der Waals surface area (Å²) in [5.74, 6) is -0.845. The van der Waals surface area contributed by atoms with Gasteiger partial charge in [-0.05, 0) is 12.1 Å². The summed E-state index contributed by atoms with van der Waals surface area (Å²) in [6, 6.07) is 3.04. The van der Waals surface area contributed by atoms with E-state index in [0.29, 0.717) is 33.8 Å². The molecule has 18 heavy (non-hydrogen) atoms. The van der Waals surface area contributed by atoms with Gasteiger partial charge in [-0.1, -0.05) is 11.6 Å². The van der Waals surface area contributed by atoms with Crippen LogP contribution in [0.2, 0.25) is 5.02 Å². The Bertz CT molecular complexity index is 689. The topological polar surface area (TPSA) is 79.4 Å². The molecular formula is C12H8ClNO4. The number of carbonyl (C=O) groups excluding carboxylic acids is 1. The molecule has 0 aliphatic carbocycles. The number of hydrogen-bond donors (Lipinski definition) is 2. The van der Waals surface area contributed by atoms with E-state index in [-0.39, 0.29) is 17.9 Å². The van der Waals surface area contributed by atoms with Crippen molar-refractivity contribution in [2.24, 2.45) is 0 Å². The highest BCUT2D eigenvalue weighted by Crippen LogP contribution is 2.38. The first-order valence-corrected chi connectivity index (χ1v) is 5.70. The second kappa shape index (κ2) is 3.74. The molecule has 92 valence electrons. The summed E-state index contributed by atoms with van der Waals surface area (Å²) in [5.41, 5.74) is 0.834. The van der Waals surface area contributed by atoms with Gasteiger partial charge in [-0.15, -0.1) is 0 Å². The molecule has 1 aromatic heterocycles. The third-order valence-electron chi connectivity index (χ3n) is 2.91. The second-order valence-electron chi connectivity index (χ2n) is 4.04. The number of hydrogen-bond acceptors (Lipinski definition) is 3. The molecule has 6 heteroatoms. The molecule has 0 spiro atoms. The number of nitrogens with one attached hydrogen (secondary N) is 1. The molecule has 0 saturated heterocycles. The van der Waals surface area contributed by atoms with Crippen LogP contribution in [0.4, 0.5) is 0 Å². The van der Waals surface area contributed by atoms with Crippen molar-refractivity contribution in [3.05, 3.63) is 28.4 Å². The number of aromatic amines is 1. The molecular weight excluding hydrogens is 258 g/mol. The van der Waals surface area contributed by atoms with E-state index in [1.165, 1.54) is 6.07 Å². The first kappa shape index (κ1) is 11.1. The number of ketones is 1. The van der Waals surface area contributed by atoms with Crippen LogP contribution in [0.25, 0.3) is 10.9 Å². The van der Waals surface area contributed by atoms with E-state index in [1.807, 2.05) is 0 Å². The Kier molecular flexibility index (Phi) is 2.31. The zero-order valence-corrected chi connectivity index (χ0v) is 9.87. The summed E-state index contributed by atoms with van der Waals surface area (Å²) >= 11 is 6.04. The van der Waals surface area contributed by atoms with Gasteiger partial charge in [0.15, 0.2) is 11.5 Å². The molecule has 2 N–H and O–H groups in total. The first-order valence-electron chi connectivity index (χ1n) is 5.32. The molecule has 0 unspecified atom stereocenters. The van der Waals surface area contributed by atoms with Gasteiger partial charge in [-0.25, -0.2) is 4.79 Å². The van der Waals surface area contributed by atoms with Crippen molar-refractivity contribution in [3.8, 4) is 5.75 Å². The van der Waals surface area contributed by atoms with Crippen LogP contribution in [0, 0.1) is 0 Å². The van der Waals surface area contributed by atoms with E-state index in [1.54, 1.807) is 6.07 Å². The highest BCUT2D eigenvalue weighted by molar-refractivity contribution is 6.34. The van der Waals surface area contributed by atoms with Crippen LogP contribution in [0.5, 0.6) is 5.75 Å². The molecule has 1 aliphatic heterocycles. The summed E-state index contributed by atoms with van der Waals surface area (Å²) in [4.78, 5) is 25.6. The number of Topliss-reactive ketones (excluding diaryl/α,β-unsaturated/α-hetero) is 1. The van der Waals surface area contributed by atoms with Crippen molar-refractivity contribution in [1.82, 2.24) is 4.98 Å². The van der Waals surface area contributed by atoms with Crippen molar-refractivity contribution >= 4 is 34.3 Å². The SMILES string of the molecule is O=C(O)c1cc2cc(Cl)c3c(c2[nH]1)C(=O)CCO3. The largest absolute Gasteiger partial charge is 0.491 e. The zero-order valence-electron chi connectivity index (χ0n) is 9.12. The van der Waals surface area contributed by atoms with Crippen LogP contribution in [-0.2, 0) is 0 Å². The highest BCUT2D eigenvalue weighted by Gasteiger charge is 2.26. The quantitative estimate of drug-likeness (QED) is 0.830. The van der Waals surface area contributed by atoms with Gasteiger partial charge in [0.05, 0.1) is 22.7 Å². The predicted octanol–water partition coefficient (Wildman–Crippen LogP) is 2.48. The molecule has 2 heterocycles. The standard InChI is InChI=1S/C12H8ClNO4/c13-6-3-5-4-7(12(16)17)14-10(5)9-8(15)1-2-18-11(6)9/h3-4,14H,1-2H2,(H,16,17). The normalized spacial score (nSPS) is 14.4. The van der Waals surface area contributed by atoms with Crippen LogP contribution in [0.15, 0.2) is 12.1 Å². The number of aromatic carboxylic acids is 1. The molecule has 0 amide bonds. The summed E-state index contributed by atoms with van der Waals surface area (Å²) in [6.45, 7) is 0.295. The number of halogens is 1. The lowest BCUT2D eigenvalue weighted by Crippen LogP contribution is -2.16. The lowest BCUT2D eigenvalue weighted by molar-refractivity contribution is 0.0691. The lowest BCUT2D eigenvalue weighted by atomic mass is 10.0. The average Bonchev–Trinajstić information content (AvgIpc) is 2.73. The van der Waals surface area contributed by atoms with Crippen molar-refractivity contribution < 1.29 is 19.4 Å². The Morgan fingerprint density at radius 1 is 1.44 bits per heavy atom. The van der Waals surface area contributed by atoms with E-state index >= 15 is 0 Å². The van der Waals surface area contributed by atoms with E-state index in [4.69, 9.17) is 21.4 Å². The Morgan fingerprint density at radius 3 is 2.94 bits per heavy atom. The Balaban J connectivity index is 2.38. The third kappa shape index (κ3) is 1.48. The number of carboxylic acids is 1. The van der Waals surface area contributed by atoms with Crippen molar-refractivity contribution in [2.75, 3.05) is 6.61 Å². The monoisotopic (exact) mass is 265 g/mol. The van der Waals surface area contributed by atoms with Gasteiger partial charge in [0.25, 0.3) is 0 Å². The maximum Gasteiger partial charge on any atom is 0.352 e. The fourth-order valence-electron chi connectivity index (χ4n) is 2.12. The molecule has 5 nitrogen and oxygen atoms in total. The minimum absolute atomic E-state index is 0.0211. The summed E-state index contributed by atoms with van der Waals surface area (Å²) in [6.07, 6.45) is 0.268. The fraction of sp³-hybridized carbons (Fsp3) is 0.167. The molecule has 1 aliphatic rings. The van der Waals surface area contributed by atoms with E-state index in [9.17, 15) is 9.59 Å². The Morgan fingerprint density at radius 2 is 2.22 bits per heavy atom. The van der Waals surface area contributed by atoms with Gasteiger partial charge in [-0.2, -0.15) is 0 Å². The first-order chi connectivity index (χ1) is 8.58. The number of aromatic nitrogens is 1. The van der Waals surface area contributed by atoms with Crippen LogP contribution in [0.3, 0.4) is 0 Å². The number of fused-ring (bicyclic) bond motifs is 3. The zero-order chi connectivity index (χ0) is 12.9. The van der Waals surface area contributed by atoms with Crippen LogP contribution < -0.4 is 4.74 Å². The molecule has 0 saturated carbocycles. The van der Waals surface area contributed by atoms with E-state index in [2.05, 4.69) is 4.98 Å². The summed E-state index contributed by atoms with van der Waals surface area (Å²) in [5, 5.41) is 9.86.